The summed E-state index contributed by atoms with van der Waals surface area (Å²) in [4.78, 5) is 4.85. The molecule has 1 fully saturated rings. The number of likely N-dealkylation sites (N-methyl/N-ethyl adjacent to an activating group) is 1. The number of aromatic amines is 1. The van der Waals surface area contributed by atoms with Crippen molar-refractivity contribution in [2.24, 2.45) is 0 Å². The SMILES string of the molecule is Cc1[nH]ncc1CNC(C)c1ccc(N2CCN(C)CC2)cc1.Cl. The zero-order valence-electron chi connectivity index (χ0n) is 14.7. The van der Waals surface area contributed by atoms with Gasteiger partial charge in [0.2, 0.25) is 0 Å². The van der Waals surface area contributed by atoms with E-state index in [0.29, 0.717) is 6.04 Å². The number of piperazine rings is 1. The molecule has 1 unspecified atom stereocenters. The highest BCUT2D eigenvalue weighted by atomic mass is 35.5. The van der Waals surface area contributed by atoms with Gasteiger partial charge in [-0.15, -0.1) is 12.4 Å². The summed E-state index contributed by atoms with van der Waals surface area (Å²) in [5.74, 6) is 0. The number of halogens is 1. The molecule has 0 bridgehead atoms. The normalized spacial score (nSPS) is 16.7. The van der Waals surface area contributed by atoms with E-state index in [1.54, 1.807) is 0 Å². The lowest BCUT2D eigenvalue weighted by Crippen LogP contribution is -2.44. The summed E-state index contributed by atoms with van der Waals surface area (Å²) in [6, 6.07) is 9.32. The van der Waals surface area contributed by atoms with Crippen LogP contribution >= 0.6 is 12.4 Å². The second-order valence-corrected chi connectivity index (χ2v) is 6.50. The maximum atomic E-state index is 4.07. The van der Waals surface area contributed by atoms with E-state index in [0.717, 1.165) is 38.4 Å². The van der Waals surface area contributed by atoms with Crippen LogP contribution in [0.15, 0.2) is 30.5 Å². The maximum absolute atomic E-state index is 4.07. The molecule has 0 aliphatic carbocycles. The van der Waals surface area contributed by atoms with E-state index < -0.39 is 0 Å². The van der Waals surface area contributed by atoms with Gasteiger partial charge in [0.1, 0.15) is 0 Å². The van der Waals surface area contributed by atoms with Crippen molar-refractivity contribution < 1.29 is 0 Å². The van der Waals surface area contributed by atoms with Gasteiger partial charge in [-0.1, -0.05) is 12.1 Å². The number of aromatic nitrogens is 2. The van der Waals surface area contributed by atoms with Crippen molar-refractivity contribution in [2.75, 3.05) is 38.1 Å². The van der Waals surface area contributed by atoms with Crippen LogP contribution in [0.4, 0.5) is 5.69 Å². The van der Waals surface area contributed by atoms with Crippen LogP contribution < -0.4 is 10.2 Å². The molecule has 0 spiro atoms. The van der Waals surface area contributed by atoms with E-state index in [4.69, 9.17) is 0 Å². The van der Waals surface area contributed by atoms with Crippen LogP contribution in [-0.4, -0.2) is 48.3 Å². The minimum absolute atomic E-state index is 0. The Labute approximate surface area is 150 Å². The van der Waals surface area contributed by atoms with Gasteiger partial charge in [-0.2, -0.15) is 5.10 Å². The third-order valence-electron chi connectivity index (χ3n) is 4.79. The molecule has 1 aromatic carbocycles. The van der Waals surface area contributed by atoms with Gasteiger partial charge in [-0.05, 0) is 38.6 Å². The van der Waals surface area contributed by atoms with Gasteiger partial charge in [0.15, 0.2) is 0 Å². The smallest absolute Gasteiger partial charge is 0.0535 e. The zero-order chi connectivity index (χ0) is 16.2. The van der Waals surface area contributed by atoms with Gasteiger partial charge in [0, 0.05) is 55.7 Å². The molecule has 2 heterocycles. The molecular weight excluding hydrogens is 322 g/mol. The Morgan fingerprint density at radius 2 is 1.83 bits per heavy atom. The largest absolute Gasteiger partial charge is 0.369 e. The van der Waals surface area contributed by atoms with Crippen LogP contribution in [0.2, 0.25) is 0 Å². The molecule has 0 radical (unpaired) electrons. The first kappa shape index (κ1) is 18.8. The fourth-order valence-electron chi connectivity index (χ4n) is 2.97. The predicted octanol–water partition coefficient (Wildman–Crippen LogP) is 2.74. The zero-order valence-corrected chi connectivity index (χ0v) is 15.6. The lowest BCUT2D eigenvalue weighted by molar-refractivity contribution is 0.313. The van der Waals surface area contributed by atoms with Gasteiger partial charge in [0.25, 0.3) is 0 Å². The first-order valence-corrected chi connectivity index (χ1v) is 8.39. The lowest BCUT2D eigenvalue weighted by Gasteiger charge is -2.34. The predicted molar refractivity (Wildman–Crippen MR) is 102 cm³/mol. The standard InChI is InChI=1S/C18H27N5.ClH/c1-14(19-12-17-13-20-21-15(17)2)16-4-6-18(7-5-16)23-10-8-22(3)9-11-23;/h4-7,13-14,19H,8-12H2,1-3H3,(H,20,21);1H. The summed E-state index contributed by atoms with van der Waals surface area (Å²) in [7, 11) is 2.19. The molecule has 0 amide bonds. The topological polar surface area (TPSA) is 47.2 Å². The maximum Gasteiger partial charge on any atom is 0.0535 e. The molecule has 1 aliphatic heterocycles. The fourth-order valence-corrected chi connectivity index (χ4v) is 2.97. The molecule has 1 aliphatic rings. The minimum atomic E-state index is 0. The molecule has 2 aromatic rings. The molecular formula is C18H28ClN5. The Bertz CT molecular complexity index is 617. The Morgan fingerprint density at radius 1 is 1.17 bits per heavy atom. The van der Waals surface area contributed by atoms with Crippen molar-refractivity contribution in [3.8, 4) is 0 Å². The number of nitrogens with one attached hydrogen (secondary N) is 2. The molecule has 1 atom stereocenters. The van der Waals surface area contributed by atoms with Crippen LogP contribution in [0.5, 0.6) is 0 Å². The van der Waals surface area contributed by atoms with Gasteiger partial charge < -0.3 is 15.1 Å². The van der Waals surface area contributed by atoms with E-state index in [1.165, 1.54) is 16.8 Å². The van der Waals surface area contributed by atoms with E-state index in [9.17, 15) is 0 Å². The Balaban J connectivity index is 0.00000208. The number of anilines is 1. The highest BCUT2D eigenvalue weighted by molar-refractivity contribution is 5.85. The van der Waals surface area contributed by atoms with E-state index >= 15 is 0 Å². The number of nitrogens with zero attached hydrogens (tertiary/aromatic N) is 3. The number of rotatable bonds is 5. The highest BCUT2D eigenvalue weighted by Gasteiger charge is 2.14. The van der Waals surface area contributed by atoms with Crippen molar-refractivity contribution in [1.82, 2.24) is 20.4 Å². The number of hydrogen-bond donors (Lipinski definition) is 2. The number of benzene rings is 1. The summed E-state index contributed by atoms with van der Waals surface area (Å²) < 4.78 is 0. The summed E-state index contributed by atoms with van der Waals surface area (Å²) in [6.45, 7) is 9.61. The average Bonchev–Trinajstić information content (AvgIpc) is 2.99. The monoisotopic (exact) mass is 349 g/mol. The summed E-state index contributed by atoms with van der Waals surface area (Å²) in [5, 5.41) is 10.6. The third-order valence-corrected chi connectivity index (χ3v) is 4.79. The molecule has 24 heavy (non-hydrogen) atoms. The van der Waals surface area contributed by atoms with Crippen LogP contribution in [-0.2, 0) is 6.54 Å². The second kappa shape index (κ2) is 8.51. The molecule has 5 nitrogen and oxygen atoms in total. The summed E-state index contributed by atoms with van der Waals surface area (Å²) >= 11 is 0. The molecule has 3 rings (SSSR count). The first-order valence-electron chi connectivity index (χ1n) is 8.39. The van der Waals surface area contributed by atoms with Crippen molar-refractivity contribution >= 4 is 18.1 Å². The number of aryl methyl sites for hydroxylation is 1. The molecule has 0 saturated carbocycles. The lowest BCUT2D eigenvalue weighted by atomic mass is 10.1. The van der Waals surface area contributed by atoms with Gasteiger partial charge in [-0.25, -0.2) is 0 Å². The van der Waals surface area contributed by atoms with Crippen molar-refractivity contribution in [3.05, 3.63) is 47.3 Å². The molecule has 1 saturated heterocycles. The van der Waals surface area contributed by atoms with Gasteiger partial charge in [-0.3, -0.25) is 5.10 Å². The van der Waals surface area contributed by atoms with Crippen molar-refractivity contribution in [2.45, 2.75) is 26.4 Å². The quantitative estimate of drug-likeness (QED) is 0.871. The van der Waals surface area contributed by atoms with Gasteiger partial charge >= 0.3 is 0 Å². The summed E-state index contributed by atoms with van der Waals surface area (Å²) in [6.07, 6.45) is 1.89. The number of H-pyrrole nitrogens is 1. The average molecular weight is 350 g/mol. The first-order chi connectivity index (χ1) is 11.1. The third kappa shape index (κ3) is 4.50. The van der Waals surface area contributed by atoms with E-state index in [1.807, 2.05) is 6.20 Å². The Hall–Kier alpha value is -1.56. The van der Waals surface area contributed by atoms with E-state index in [2.05, 4.69) is 70.5 Å². The summed E-state index contributed by atoms with van der Waals surface area (Å²) in [5.41, 5.74) is 5.02. The Kier molecular flexibility index (Phi) is 6.66. The van der Waals surface area contributed by atoms with Crippen LogP contribution in [0.1, 0.15) is 29.8 Å². The second-order valence-electron chi connectivity index (χ2n) is 6.50. The molecule has 6 heteroatoms. The highest BCUT2D eigenvalue weighted by Crippen LogP contribution is 2.20. The fraction of sp³-hybridized carbons (Fsp3) is 0.500. The van der Waals surface area contributed by atoms with Crippen LogP contribution in [0, 0.1) is 6.92 Å². The van der Waals surface area contributed by atoms with Crippen LogP contribution in [0.3, 0.4) is 0 Å². The van der Waals surface area contributed by atoms with Gasteiger partial charge in [0.05, 0.1) is 6.20 Å². The Morgan fingerprint density at radius 3 is 2.42 bits per heavy atom. The van der Waals surface area contributed by atoms with Crippen LogP contribution in [0.25, 0.3) is 0 Å². The van der Waals surface area contributed by atoms with Crippen molar-refractivity contribution in [1.29, 1.82) is 0 Å². The molecule has 2 N–H and O–H groups in total. The van der Waals surface area contributed by atoms with E-state index in [-0.39, 0.29) is 12.4 Å². The molecule has 132 valence electrons. The number of hydrogen-bond acceptors (Lipinski definition) is 4. The van der Waals surface area contributed by atoms with Crippen molar-refractivity contribution in [3.63, 3.8) is 0 Å². The molecule has 1 aromatic heterocycles. The minimum Gasteiger partial charge on any atom is -0.369 e.